The third-order valence-corrected chi connectivity index (χ3v) is 6.73. The topological polar surface area (TPSA) is 118 Å². The summed E-state index contributed by atoms with van der Waals surface area (Å²) >= 11 is 5.73. The van der Waals surface area contributed by atoms with Crippen LogP contribution in [-0.2, 0) is 31.1 Å². The van der Waals surface area contributed by atoms with Crippen LogP contribution in [0.25, 0.3) is 0 Å². The lowest BCUT2D eigenvalue weighted by molar-refractivity contribution is -0.134. The van der Waals surface area contributed by atoms with Crippen molar-refractivity contribution in [3.8, 4) is 0 Å². The van der Waals surface area contributed by atoms with Gasteiger partial charge in [-0.05, 0) is 48.4 Å². The summed E-state index contributed by atoms with van der Waals surface area (Å²) in [4.78, 5) is 10.6. The summed E-state index contributed by atoms with van der Waals surface area (Å²) in [6.07, 6.45) is 0.239. The first-order valence-electron chi connectivity index (χ1n) is 7.39. The molecule has 26 heavy (non-hydrogen) atoms. The van der Waals surface area contributed by atoms with Crippen molar-refractivity contribution >= 4 is 37.4 Å². The number of nitrogens with one attached hydrogen (secondary N) is 1. The van der Waals surface area contributed by atoms with Crippen LogP contribution < -0.4 is 4.72 Å². The second-order valence-corrected chi connectivity index (χ2v) is 9.59. The SMILES string of the molecule is O=C(O)CS(=O)(=O)c1cccc(CCNS(=O)(=O)c2ccc(Cl)cc2)c1. The van der Waals surface area contributed by atoms with Crippen molar-refractivity contribution in [1.82, 2.24) is 4.72 Å². The number of rotatable bonds is 8. The van der Waals surface area contributed by atoms with Crippen LogP contribution in [0.5, 0.6) is 0 Å². The van der Waals surface area contributed by atoms with Crippen LogP contribution >= 0.6 is 11.6 Å². The van der Waals surface area contributed by atoms with Gasteiger partial charge in [0.25, 0.3) is 0 Å². The van der Waals surface area contributed by atoms with Gasteiger partial charge in [0.1, 0.15) is 0 Å². The molecule has 0 bridgehead atoms. The number of benzene rings is 2. The molecule has 0 heterocycles. The van der Waals surface area contributed by atoms with Gasteiger partial charge in [0.15, 0.2) is 15.6 Å². The van der Waals surface area contributed by atoms with Crippen molar-refractivity contribution in [2.24, 2.45) is 0 Å². The summed E-state index contributed by atoms with van der Waals surface area (Å²) in [5.74, 6) is -2.44. The standard InChI is InChI=1S/C16H16ClNO6S2/c17-13-4-6-14(7-5-13)26(23,24)18-9-8-12-2-1-3-15(10-12)25(21,22)11-16(19)20/h1-7,10,18H,8-9,11H2,(H,19,20). The highest BCUT2D eigenvalue weighted by atomic mass is 35.5. The number of halogens is 1. The van der Waals surface area contributed by atoms with Gasteiger partial charge >= 0.3 is 5.97 Å². The maximum atomic E-state index is 12.2. The highest BCUT2D eigenvalue weighted by Gasteiger charge is 2.19. The second-order valence-electron chi connectivity index (χ2n) is 5.40. The van der Waals surface area contributed by atoms with Gasteiger partial charge in [-0.25, -0.2) is 21.6 Å². The third-order valence-electron chi connectivity index (χ3n) is 3.40. The monoisotopic (exact) mass is 417 g/mol. The van der Waals surface area contributed by atoms with E-state index in [1.165, 1.54) is 42.5 Å². The van der Waals surface area contributed by atoms with Crippen molar-refractivity contribution < 1.29 is 26.7 Å². The van der Waals surface area contributed by atoms with Crippen molar-refractivity contribution in [3.05, 3.63) is 59.1 Å². The number of carboxylic acid groups (broad SMARTS) is 1. The van der Waals surface area contributed by atoms with Gasteiger partial charge in [0.05, 0.1) is 9.79 Å². The van der Waals surface area contributed by atoms with Crippen molar-refractivity contribution in [2.75, 3.05) is 12.3 Å². The molecular weight excluding hydrogens is 402 g/mol. The number of carboxylic acids is 1. The second kappa shape index (κ2) is 8.17. The first kappa shape index (κ1) is 20.4. The van der Waals surface area contributed by atoms with E-state index < -0.39 is 31.6 Å². The van der Waals surface area contributed by atoms with Gasteiger partial charge < -0.3 is 5.11 Å². The van der Waals surface area contributed by atoms with Crippen LogP contribution in [-0.4, -0.2) is 40.2 Å². The number of carbonyl (C=O) groups is 1. The van der Waals surface area contributed by atoms with Gasteiger partial charge in [0, 0.05) is 11.6 Å². The molecule has 10 heteroatoms. The molecule has 0 fully saturated rings. The smallest absolute Gasteiger partial charge is 0.319 e. The highest BCUT2D eigenvalue weighted by Crippen LogP contribution is 2.15. The zero-order chi connectivity index (χ0) is 19.4. The summed E-state index contributed by atoms with van der Waals surface area (Å²) in [5.41, 5.74) is 0.565. The van der Waals surface area contributed by atoms with Crippen LogP contribution in [0.1, 0.15) is 5.56 Å². The van der Waals surface area contributed by atoms with E-state index in [1.807, 2.05) is 0 Å². The van der Waals surface area contributed by atoms with Crippen LogP contribution in [0, 0.1) is 0 Å². The minimum Gasteiger partial charge on any atom is -0.480 e. The predicted molar refractivity (Wildman–Crippen MR) is 96.5 cm³/mol. The minimum absolute atomic E-state index is 0.0490. The molecule has 0 saturated carbocycles. The molecule has 0 spiro atoms. The molecule has 2 aromatic carbocycles. The maximum absolute atomic E-state index is 12.2. The molecule has 0 aliphatic rings. The Bertz CT molecular complexity index is 1000. The summed E-state index contributed by atoms with van der Waals surface area (Å²) in [7, 11) is -7.64. The lowest BCUT2D eigenvalue weighted by atomic mass is 10.2. The molecule has 0 aliphatic carbocycles. The minimum atomic E-state index is -3.93. The Morgan fingerprint density at radius 3 is 2.27 bits per heavy atom. The van der Waals surface area contributed by atoms with E-state index in [4.69, 9.17) is 16.7 Å². The first-order valence-corrected chi connectivity index (χ1v) is 10.9. The Morgan fingerprint density at radius 1 is 1.00 bits per heavy atom. The Morgan fingerprint density at radius 2 is 1.65 bits per heavy atom. The van der Waals surface area contributed by atoms with Crippen molar-refractivity contribution in [3.63, 3.8) is 0 Å². The zero-order valence-corrected chi connectivity index (χ0v) is 15.8. The van der Waals surface area contributed by atoms with Gasteiger partial charge in [0.2, 0.25) is 10.0 Å². The molecule has 2 rings (SSSR count). The molecule has 2 N–H and O–H groups in total. The van der Waals surface area contributed by atoms with Gasteiger partial charge in [-0.3, -0.25) is 4.79 Å². The predicted octanol–water partition coefficient (Wildman–Crippen LogP) is 1.72. The Balaban J connectivity index is 2.05. The molecule has 7 nitrogen and oxygen atoms in total. The molecule has 0 atom stereocenters. The van der Waals surface area contributed by atoms with Crippen LogP contribution in [0.15, 0.2) is 58.3 Å². The maximum Gasteiger partial charge on any atom is 0.319 e. The molecule has 0 aliphatic heterocycles. The largest absolute Gasteiger partial charge is 0.480 e. The molecule has 0 radical (unpaired) electrons. The summed E-state index contributed by atoms with van der Waals surface area (Å²) in [6, 6.07) is 11.5. The average molecular weight is 418 g/mol. The number of hydrogen-bond acceptors (Lipinski definition) is 5. The Kier molecular flexibility index (Phi) is 6.40. The highest BCUT2D eigenvalue weighted by molar-refractivity contribution is 7.92. The lowest BCUT2D eigenvalue weighted by Gasteiger charge is -2.08. The summed E-state index contributed by atoms with van der Waals surface area (Å²) in [6.45, 7) is 0.0490. The van der Waals surface area contributed by atoms with Crippen LogP contribution in [0.4, 0.5) is 0 Å². The fourth-order valence-corrected chi connectivity index (χ4v) is 4.43. The van der Waals surface area contributed by atoms with Gasteiger partial charge in [-0.2, -0.15) is 0 Å². The lowest BCUT2D eigenvalue weighted by Crippen LogP contribution is -2.26. The summed E-state index contributed by atoms with van der Waals surface area (Å²) in [5, 5.41) is 9.09. The van der Waals surface area contributed by atoms with Crippen molar-refractivity contribution in [1.29, 1.82) is 0 Å². The number of aliphatic carboxylic acids is 1. The van der Waals surface area contributed by atoms with E-state index in [2.05, 4.69) is 4.72 Å². The van der Waals surface area contributed by atoms with Crippen LogP contribution in [0.3, 0.4) is 0 Å². The number of hydrogen-bond donors (Lipinski definition) is 2. The molecule has 0 unspecified atom stereocenters. The van der Waals surface area contributed by atoms with E-state index in [0.29, 0.717) is 10.6 Å². The van der Waals surface area contributed by atoms with E-state index >= 15 is 0 Å². The van der Waals surface area contributed by atoms with E-state index in [9.17, 15) is 21.6 Å². The fourth-order valence-electron chi connectivity index (χ4n) is 2.17. The fraction of sp³-hybridized carbons (Fsp3) is 0.188. The Labute approximate surface area is 156 Å². The van der Waals surface area contributed by atoms with Crippen LogP contribution in [0.2, 0.25) is 5.02 Å². The van der Waals surface area contributed by atoms with E-state index in [1.54, 1.807) is 6.07 Å². The molecule has 0 aromatic heterocycles. The van der Waals surface area contributed by atoms with Gasteiger partial charge in [-0.1, -0.05) is 23.7 Å². The quantitative estimate of drug-likeness (QED) is 0.675. The molecule has 0 amide bonds. The molecule has 140 valence electrons. The third kappa shape index (κ3) is 5.53. The average Bonchev–Trinajstić information content (AvgIpc) is 2.54. The summed E-state index contributed by atoms with van der Waals surface area (Å²) < 4.78 is 50.6. The zero-order valence-electron chi connectivity index (χ0n) is 13.4. The number of sulfone groups is 1. The van der Waals surface area contributed by atoms with E-state index in [0.717, 1.165) is 0 Å². The number of sulfonamides is 1. The Hall–Kier alpha value is -1.94. The van der Waals surface area contributed by atoms with E-state index in [-0.39, 0.29) is 22.8 Å². The van der Waals surface area contributed by atoms with Crippen molar-refractivity contribution in [2.45, 2.75) is 16.2 Å². The first-order chi connectivity index (χ1) is 12.1. The molecule has 2 aromatic rings. The van der Waals surface area contributed by atoms with Gasteiger partial charge in [-0.15, -0.1) is 0 Å². The molecular formula is C16H16ClNO6S2. The molecule has 0 saturated heterocycles. The normalized spacial score (nSPS) is 12.0.